The minimum Gasteiger partial charge on any atom is -0.394 e. The molecule has 0 radical (unpaired) electrons. The Labute approximate surface area is 99.4 Å². The quantitative estimate of drug-likeness (QED) is 0.817. The van der Waals surface area contributed by atoms with Crippen LogP contribution in [0, 0.1) is 0 Å². The lowest BCUT2D eigenvalue weighted by Gasteiger charge is -2.34. The van der Waals surface area contributed by atoms with Crippen LogP contribution in [0.2, 0.25) is 5.02 Å². The molecule has 1 aromatic rings. The van der Waals surface area contributed by atoms with Crippen LogP contribution in [0.1, 0.15) is 0 Å². The molecule has 6 heteroatoms. The number of hydrogen-bond acceptors (Lipinski definition) is 4. The Morgan fingerprint density at radius 3 is 2.88 bits per heavy atom. The van der Waals surface area contributed by atoms with Crippen LogP contribution in [0.15, 0.2) is 23.1 Å². The summed E-state index contributed by atoms with van der Waals surface area (Å²) < 4.78 is 23.9. The molecule has 16 heavy (non-hydrogen) atoms. The van der Waals surface area contributed by atoms with Gasteiger partial charge in [0, 0.05) is 12.1 Å². The van der Waals surface area contributed by atoms with Crippen LogP contribution in [0.25, 0.3) is 0 Å². The van der Waals surface area contributed by atoms with E-state index in [0.29, 0.717) is 10.7 Å². The number of fused-ring (bicyclic) bond motifs is 1. The zero-order valence-corrected chi connectivity index (χ0v) is 10.3. The highest BCUT2D eigenvalue weighted by Gasteiger charge is 2.33. The number of benzene rings is 1. The average Bonchev–Trinajstić information content (AvgIpc) is 2.23. The number of aliphatic hydroxyl groups excluding tert-OH is 1. The van der Waals surface area contributed by atoms with Crippen LogP contribution in [-0.2, 0) is 9.84 Å². The van der Waals surface area contributed by atoms with E-state index in [2.05, 4.69) is 0 Å². The highest BCUT2D eigenvalue weighted by Crippen LogP contribution is 2.34. The van der Waals surface area contributed by atoms with Crippen LogP contribution in [-0.4, -0.2) is 39.0 Å². The molecule has 1 unspecified atom stereocenters. The van der Waals surface area contributed by atoms with Gasteiger partial charge in [0.2, 0.25) is 0 Å². The Hall–Kier alpha value is -0.780. The van der Waals surface area contributed by atoms with Crippen LogP contribution >= 0.6 is 11.6 Å². The molecule has 2 rings (SSSR count). The summed E-state index contributed by atoms with van der Waals surface area (Å²) in [5.41, 5.74) is 0.592. The van der Waals surface area contributed by atoms with Gasteiger partial charge in [-0.25, -0.2) is 8.42 Å². The number of aliphatic hydroxyl groups is 1. The van der Waals surface area contributed by atoms with Crippen molar-refractivity contribution in [1.29, 1.82) is 0 Å². The zero-order valence-electron chi connectivity index (χ0n) is 8.72. The lowest BCUT2D eigenvalue weighted by molar-refractivity contribution is 0.269. The SMILES string of the molecule is CN1c2ccc(Cl)cc2S(=O)(=O)CC1CO. The molecule has 0 saturated heterocycles. The van der Waals surface area contributed by atoms with Gasteiger partial charge >= 0.3 is 0 Å². The molecule has 1 N–H and O–H groups in total. The molecule has 1 aliphatic heterocycles. The van der Waals surface area contributed by atoms with Gasteiger partial charge in [-0.15, -0.1) is 0 Å². The number of likely N-dealkylation sites (N-methyl/N-ethyl adjacent to an activating group) is 1. The number of halogens is 1. The Balaban J connectivity index is 2.63. The van der Waals surface area contributed by atoms with Crippen molar-refractivity contribution in [2.45, 2.75) is 10.9 Å². The van der Waals surface area contributed by atoms with E-state index in [1.54, 1.807) is 24.1 Å². The molecule has 0 saturated carbocycles. The van der Waals surface area contributed by atoms with Crippen molar-refractivity contribution in [3.63, 3.8) is 0 Å². The third-order valence-electron chi connectivity index (χ3n) is 2.81. The average molecular weight is 262 g/mol. The second-order valence-electron chi connectivity index (χ2n) is 3.84. The number of anilines is 1. The molecule has 0 amide bonds. The summed E-state index contributed by atoms with van der Waals surface area (Å²) >= 11 is 5.79. The largest absolute Gasteiger partial charge is 0.394 e. The predicted molar refractivity (Wildman–Crippen MR) is 62.8 cm³/mol. The molecule has 0 aliphatic carbocycles. The molecular weight excluding hydrogens is 250 g/mol. The number of rotatable bonds is 1. The second kappa shape index (κ2) is 3.91. The lowest BCUT2D eigenvalue weighted by atomic mass is 10.2. The van der Waals surface area contributed by atoms with E-state index in [9.17, 15) is 8.42 Å². The summed E-state index contributed by atoms with van der Waals surface area (Å²) in [5.74, 6) is -0.0760. The first kappa shape index (κ1) is 11.7. The first-order valence-corrected chi connectivity index (χ1v) is 6.85. The highest BCUT2D eigenvalue weighted by molar-refractivity contribution is 7.91. The third-order valence-corrected chi connectivity index (χ3v) is 4.86. The maximum absolute atomic E-state index is 11.9. The van der Waals surface area contributed by atoms with Crippen molar-refractivity contribution in [2.24, 2.45) is 0 Å². The highest BCUT2D eigenvalue weighted by atomic mass is 35.5. The van der Waals surface area contributed by atoms with Gasteiger partial charge in [0.25, 0.3) is 0 Å². The maximum Gasteiger partial charge on any atom is 0.182 e. The topological polar surface area (TPSA) is 57.6 Å². The summed E-state index contributed by atoms with van der Waals surface area (Å²) in [4.78, 5) is 2.01. The van der Waals surface area contributed by atoms with E-state index >= 15 is 0 Å². The summed E-state index contributed by atoms with van der Waals surface area (Å²) in [7, 11) is -1.58. The Morgan fingerprint density at radius 1 is 1.56 bits per heavy atom. The smallest absolute Gasteiger partial charge is 0.182 e. The Morgan fingerprint density at radius 2 is 2.25 bits per heavy atom. The Kier molecular flexibility index (Phi) is 2.86. The van der Waals surface area contributed by atoms with Gasteiger partial charge in [0.05, 0.1) is 29.0 Å². The molecule has 1 heterocycles. The molecular formula is C10H12ClNO3S. The number of sulfone groups is 1. The van der Waals surface area contributed by atoms with Crippen molar-refractivity contribution in [3.8, 4) is 0 Å². The van der Waals surface area contributed by atoms with Crippen LogP contribution in [0.5, 0.6) is 0 Å². The fourth-order valence-electron chi connectivity index (χ4n) is 1.86. The van der Waals surface area contributed by atoms with Crippen molar-refractivity contribution in [2.75, 3.05) is 24.3 Å². The van der Waals surface area contributed by atoms with Gasteiger partial charge in [0.1, 0.15) is 0 Å². The monoisotopic (exact) mass is 261 g/mol. The van der Waals surface area contributed by atoms with Gasteiger partial charge in [-0.2, -0.15) is 0 Å². The molecule has 1 aliphatic rings. The van der Waals surface area contributed by atoms with Crippen molar-refractivity contribution in [1.82, 2.24) is 0 Å². The van der Waals surface area contributed by atoms with Gasteiger partial charge in [-0.3, -0.25) is 0 Å². The molecule has 4 nitrogen and oxygen atoms in total. The molecule has 0 spiro atoms. The van der Waals surface area contributed by atoms with E-state index in [4.69, 9.17) is 16.7 Å². The van der Waals surface area contributed by atoms with Crippen LogP contribution in [0.4, 0.5) is 5.69 Å². The minimum absolute atomic E-state index is 0.0760. The standard InChI is InChI=1S/C10H12ClNO3S/c1-12-8(5-13)6-16(14,15)10-4-7(11)2-3-9(10)12/h2-4,8,13H,5-6H2,1H3. The fourth-order valence-corrected chi connectivity index (χ4v) is 3.94. The van der Waals surface area contributed by atoms with Gasteiger partial charge in [-0.1, -0.05) is 11.6 Å². The van der Waals surface area contributed by atoms with Crippen molar-refractivity contribution in [3.05, 3.63) is 23.2 Å². The van der Waals surface area contributed by atoms with Crippen LogP contribution in [0.3, 0.4) is 0 Å². The molecule has 0 aromatic heterocycles. The van der Waals surface area contributed by atoms with Gasteiger partial charge in [0.15, 0.2) is 9.84 Å². The second-order valence-corrected chi connectivity index (χ2v) is 6.28. The summed E-state index contributed by atoms with van der Waals surface area (Å²) in [5, 5.41) is 9.54. The van der Waals surface area contributed by atoms with Gasteiger partial charge < -0.3 is 10.0 Å². The van der Waals surface area contributed by atoms with Crippen molar-refractivity contribution >= 4 is 27.1 Å². The third kappa shape index (κ3) is 1.79. The Bertz CT molecular complexity index is 515. The zero-order chi connectivity index (χ0) is 11.9. The molecule has 1 atom stereocenters. The lowest BCUT2D eigenvalue weighted by Crippen LogP contribution is -2.44. The predicted octanol–water partition coefficient (Wildman–Crippen LogP) is 0.924. The molecule has 88 valence electrons. The number of hydrogen-bond donors (Lipinski definition) is 1. The molecule has 0 bridgehead atoms. The summed E-state index contributed by atoms with van der Waals surface area (Å²) in [6.07, 6.45) is 0. The first-order valence-electron chi connectivity index (χ1n) is 4.81. The van der Waals surface area contributed by atoms with Gasteiger partial charge in [-0.05, 0) is 18.2 Å². The maximum atomic E-state index is 11.9. The first-order chi connectivity index (χ1) is 7.45. The van der Waals surface area contributed by atoms with E-state index in [0.717, 1.165) is 0 Å². The van der Waals surface area contributed by atoms with E-state index in [-0.39, 0.29) is 17.3 Å². The molecule has 1 aromatic carbocycles. The normalized spacial score (nSPS) is 22.9. The van der Waals surface area contributed by atoms with E-state index in [1.807, 2.05) is 0 Å². The van der Waals surface area contributed by atoms with E-state index in [1.165, 1.54) is 6.07 Å². The number of nitrogens with zero attached hydrogens (tertiary/aromatic N) is 1. The van der Waals surface area contributed by atoms with Crippen molar-refractivity contribution < 1.29 is 13.5 Å². The minimum atomic E-state index is -3.34. The molecule has 0 fully saturated rings. The van der Waals surface area contributed by atoms with E-state index < -0.39 is 15.9 Å². The fraction of sp³-hybridized carbons (Fsp3) is 0.400. The summed E-state index contributed by atoms with van der Waals surface area (Å²) in [6.45, 7) is -0.183. The van der Waals surface area contributed by atoms with Crippen LogP contribution < -0.4 is 4.90 Å². The summed E-state index contributed by atoms with van der Waals surface area (Å²) in [6, 6.07) is 4.37.